The summed E-state index contributed by atoms with van der Waals surface area (Å²) in [6.45, 7) is 15.9. The molecule has 3 aliphatic rings. The second-order valence-electron chi connectivity index (χ2n) is 12.8. The molecule has 0 aliphatic carbocycles. The Kier molecular flexibility index (Phi) is 6.94. The number of aliphatic hydroxyl groups excluding tert-OH is 1. The molecule has 34 heavy (non-hydrogen) atoms. The topological polar surface area (TPSA) is 108 Å². The predicted molar refractivity (Wildman–Crippen MR) is 130 cm³/mol. The average molecular weight is 480 g/mol. The van der Waals surface area contributed by atoms with E-state index in [0.29, 0.717) is 19.3 Å². The van der Waals surface area contributed by atoms with Gasteiger partial charge >= 0.3 is 0 Å². The van der Waals surface area contributed by atoms with E-state index in [-0.39, 0.29) is 35.7 Å². The third kappa shape index (κ3) is 4.15. The van der Waals surface area contributed by atoms with Crippen LogP contribution in [0.2, 0.25) is 0 Å². The van der Waals surface area contributed by atoms with Crippen LogP contribution < -0.4 is 10.6 Å². The molecule has 8 heteroatoms. The lowest BCUT2D eigenvalue weighted by Gasteiger charge is -2.41. The van der Waals surface area contributed by atoms with E-state index in [9.17, 15) is 19.5 Å². The van der Waals surface area contributed by atoms with Gasteiger partial charge in [-0.15, -0.1) is 0 Å². The number of nitrogens with zero attached hydrogens (tertiary/aromatic N) is 1. The lowest BCUT2D eigenvalue weighted by Crippen LogP contribution is -2.62. The highest BCUT2D eigenvalue weighted by Gasteiger charge is 2.79. The Balaban J connectivity index is 2.10. The third-order valence-corrected chi connectivity index (χ3v) is 8.14. The molecule has 0 saturated carbocycles. The van der Waals surface area contributed by atoms with Crippen molar-refractivity contribution in [2.75, 3.05) is 13.7 Å². The molecule has 3 heterocycles. The number of hydrogen-bond acceptors (Lipinski definition) is 5. The molecule has 0 aromatic carbocycles. The van der Waals surface area contributed by atoms with E-state index < -0.39 is 40.7 Å². The van der Waals surface area contributed by atoms with Gasteiger partial charge in [0, 0.05) is 12.6 Å². The van der Waals surface area contributed by atoms with Gasteiger partial charge < -0.3 is 25.4 Å². The Hall–Kier alpha value is -1.67. The third-order valence-electron chi connectivity index (χ3n) is 8.14. The van der Waals surface area contributed by atoms with Gasteiger partial charge in [-0.05, 0) is 50.9 Å². The lowest BCUT2D eigenvalue weighted by atomic mass is 9.65. The zero-order chi connectivity index (χ0) is 25.9. The van der Waals surface area contributed by atoms with Gasteiger partial charge in [-0.3, -0.25) is 14.4 Å². The first-order valence-corrected chi connectivity index (χ1v) is 12.8. The van der Waals surface area contributed by atoms with Gasteiger partial charge in [0.05, 0.1) is 30.1 Å². The van der Waals surface area contributed by atoms with E-state index in [0.717, 1.165) is 6.42 Å². The summed E-state index contributed by atoms with van der Waals surface area (Å²) in [6.07, 6.45) is 2.50. The van der Waals surface area contributed by atoms with Crippen molar-refractivity contribution >= 4 is 17.7 Å². The smallest absolute Gasteiger partial charge is 0.246 e. The number of fused-ring (bicyclic) bond motifs is 1. The fourth-order valence-electron chi connectivity index (χ4n) is 7.26. The molecular weight excluding hydrogens is 434 g/mol. The summed E-state index contributed by atoms with van der Waals surface area (Å²) in [5.41, 5.74) is -2.34. The minimum absolute atomic E-state index is 0.00670. The van der Waals surface area contributed by atoms with Crippen molar-refractivity contribution in [3.05, 3.63) is 0 Å². The van der Waals surface area contributed by atoms with Gasteiger partial charge in [-0.25, -0.2) is 0 Å². The van der Waals surface area contributed by atoms with Gasteiger partial charge in [0.1, 0.15) is 11.6 Å². The second kappa shape index (κ2) is 8.77. The maximum atomic E-state index is 14.0. The molecule has 3 aliphatic heterocycles. The van der Waals surface area contributed by atoms with Crippen LogP contribution in [0.15, 0.2) is 0 Å². The van der Waals surface area contributed by atoms with Crippen molar-refractivity contribution in [1.29, 1.82) is 0 Å². The number of nitrogens with one attached hydrogen (secondary N) is 2. The molecule has 3 N–H and O–H groups in total. The van der Waals surface area contributed by atoms with Crippen molar-refractivity contribution in [2.45, 2.75) is 110 Å². The summed E-state index contributed by atoms with van der Waals surface area (Å²) >= 11 is 0. The van der Waals surface area contributed by atoms with E-state index in [2.05, 4.69) is 31.4 Å². The van der Waals surface area contributed by atoms with Crippen molar-refractivity contribution in [3.8, 4) is 0 Å². The average Bonchev–Trinajstić information content (AvgIpc) is 3.29. The maximum absolute atomic E-state index is 14.0. The molecule has 0 aromatic heterocycles. The van der Waals surface area contributed by atoms with Crippen LogP contribution in [0, 0.1) is 23.2 Å². The summed E-state index contributed by atoms with van der Waals surface area (Å²) in [5.74, 6) is -2.22. The highest BCUT2D eigenvalue weighted by molar-refractivity contribution is 5.99. The predicted octanol–water partition coefficient (Wildman–Crippen LogP) is 2.24. The molecule has 194 valence electrons. The zero-order valence-corrected chi connectivity index (χ0v) is 22.4. The van der Waals surface area contributed by atoms with E-state index in [4.69, 9.17) is 4.74 Å². The molecule has 8 nitrogen and oxygen atoms in total. The summed E-state index contributed by atoms with van der Waals surface area (Å²) in [6, 6.07) is -1.44. The number of amides is 3. The number of carbonyl (C=O) groups excluding carboxylic acids is 3. The number of carbonyl (C=O) groups is 3. The van der Waals surface area contributed by atoms with Crippen molar-refractivity contribution < 1.29 is 24.2 Å². The molecule has 0 radical (unpaired) electrons. The SMILES string of the molecule is CC[C@]12CCC3(O1)C(C(=O)NC(C)(C)CC(C)(C)C)N([C@@H](CO)C(C)C)C(=O)[C@@H]3[C@H]2C(=O)NC. The highest BCUT2D eigenvalue weighted by Crippen LogP contribution is 2.64. The minimum atomic E-state index is -1.07. The summed E-state index contributed by atoms with van der Waals surface area (Å²) in [4.78, 5) is 42.7. The van der Waals surface area contributed by atoms with Crippen LogP contribution in [-0.2, 0) is 19.1 Å². The zero-order valence-electron chi connectivity index (χ0n) is 22.4. The molecule has 1 spiro atoms. The van der Waals surface area contributed by atoms with Crippen LogP contribution >= 0.6 is 0 Å². The van der Waals surface area contributed by atoms with E-state index in [1.165, 1.54) is 0 Å². The van der Waals surface area contributed by atoms with Crippen LogP contribution in [0.4, 0.5) is 0 Å². The molecule has 3 rings (SSSR count). The quantitative estimate of drug-likeness (QED) is 0.495. The Morgan fingerprint density at radius 3 is 2.26 bits per heavy atom. The summed E-state index contributed by atoms with van der Waals surface area (Å²) < 4.78 is 6.71. The molecule has 3 saturated heterocycles. The Morgan fingerprint density at radius 2 is 1.79 bits per heavy atom. The first-order valence-electron chi connectivity index (χ1n) is 12.8. The van der Waals surface area contributed by atoms with Gasteiger partial charge in [-0.2, -0.15) is 0 Å². The van der Waals surface area contributed by atoms with E-state index in [1.807, 2.05) is 34.6 Å². The number of likely N-dealkylation sites (tertiary alicyclic amines) is 1. The van der Waals surface area contributed by atoms with Crippen LogP contribution in [0.5, 0.6) is 0 Å². The Bertz CT molecular complexity index is 835. The van der Waals surface area contributed by atoms with Crippen molar-refractivity contribution in [3.63, 3.8) is 0 Å². The maximum Gasteiger partial charge on any atom is 0.246 e. The molecule has 0 aromatic rings. The monoisotopic (exact) mass is 479 g/mol. The highest BCUT2D eigenvalue weighted by atomic mass is 16.5. The minimum Gasteiger partial charge on any atom is -0.394 e. The molecule has 2 unspecified atom stereocenters. The van der Waals surface area contributed by atoms with Crippen LogP contribution in [0.1, 0.15) is 81.1 Å². The lowest BCUT2D eigenvalue weighted by molar-refractivity contribution is -0.152. The van der Waals surface area contributed by atoms with Gasteiger partial charge in [-0.1, -0.05) is 41.5 Å². The normalized spacial score (nSPS) is 33.9. The summed E-state index contributed by atoms with van der Waals surface area (Å²) in [7, 11) is 1.57. The van der Waals surface area contributed by atoms with Crippen LogP contribution in [0.3, 0.4) is 0 Å². The molecular formula is C26H45N3O5. The molecule has 3 fully saturated rings. The first-order chi connectivity index (χ1) is 15.6. The van der Waals surface area contributed by atoms with Gasteiger partial charge in [0.25, 0.3) is 0 Å². The molecule has 2 bridgehead atoms. The Morgan fingerprint density at radius 1 is 1.18 bits per heavy atom. The number of aliphatic hydroxyl groups is 1. The summed E-state index contributed by atoms with van der Waals surface area (Å²) in [5, 5.41) is 16.2. The second-order valence-corrected chi connectivity index (χ2v) is 12.8. The first kappa shape index (κ1) is 26.9. The van der Waals surface area contributed by atoms with Crippen molar-refractivity contribution in [1.82, 2.24) is 15.5 Å². The number of ether oxygens (including phenoxy) is 1. The number of rotatable bonds is 8. The van der Waals surface area contributed by atoms with Gasteiger partial charge in [0.2, 0.25) is 17.7 Å². The standard InChI is InChI=1S/C26H45N3O5/c1-10-25-11-12-26(34-25)18(17(25)20(31)27-9)22(33)29(16(13-30)15(2)3)19(26)21(32)28-24(7,8)14-23(4,5)6/h15-19,30H,10-14H2,1-9H3,(H,27,31)(H,28,32)/t16-,17-,18-,19?,25+,26?/m0/s1. The Labute approximate surface area is 204 Å². The fraction of sp³-hybridized carbons (Fsp3) is 0.885. The van der Waals surface area contributed by atoms with Gasteiger partial charge in [0.15, 0.2) is 0 Å². The van der Waals surface area contributed by atoms with Crippen LogP contribution in [0.25, 0.3) is 0 Å². The van der Waals surface area contributed by atoms with Crippen LogP contribution in [-0.4, -0.2) is 70.2 Å². The molecule has 6 atom stereocenters. The number of hydrogen-bond donors (Lipinski definition) is 3. The largest absolute Gasteiger partial charge is 0.394 e. The van der Waals surface area contributed by atoms with E-state index in [1.54, 1.807) is 11.9 Å². The van der Waals surface area contributed by atoms with E-state index >= 15 is 0 Å². The fourth-order valence-corrected chi connectivity index (χ4v) is 7.26. The van der Waals surface area contributed by atoms with Crippen molar-refractivity contribution in [2.24, 2.45) is 23.2 Å². The molecule has 3 amide bonds.